The number of ether oxygens (including phenoxy) is 1. The molecular formula is C47H94N2O4. The molecule has 3 N–H and O–H groups in total. The summed E-state index contributed by atoms with van der Waals surface area (Å²) in [5.41, 5.74) is 5.92. The molecule has 0 spiro atoms. The predicted octanol–water partition coefficient (Wildman–Crippen LogP) is 13.8. The van der Waals surface area contributed by atoms with Gasteiger partial charge in [-0.1, -0.05) is 182 Å². The highest BCUT2D eigenvalue weighted by Crippen LogP contribution is 2.33. The monoisotopic (exact) mass is 751 g/mol. The highest BCUT2D eigenvalue weighted by molar-refractivity contribution is 5.69. The molecule has 2 unspecified atom stereocenters. The molecule has 0 aromatic heterocycles. The molecule has 0 aromatic rings. The van der Waals surface area contributed by atoms with Crippen LogP contribution in [0, 0.1) is 11.8 Å². The van der Waals surface area contributed by atoms with Gasteiger partial charge in [0, 0.05) is 12.8 Å². The maximum atomic E-state index is 12.5. The number of nitrogens with two attached hydrogens (primary N) is 1. The Morgan fingerprint density at radius 2 is 0.887 bits per heavy atom. The molecule has 0 saturated carbocycles. The number of carboxylic acid groups (broad SMARTS) is 1. The van der Waals surface area contributed by atoms with Gasteiger partial charge in [0.1, 0.15) is 6.10 Å². The van der Waals surface area contributed by atoms with E-state index >= 15 is 0 Å². The number of carboxylic acids is 1. The van der Waals surface area contributed by atoms with Crippen molar-refractivity contribution in [1.29, 1.82) is 0 Å². The topological polar surface area (TPSA) is 92.9 Å². The summed E-state index contributed by atoms with van der Waals surface area (Å²) in [7, 11) is 0. The molecule has 0 saturated heterocycles. The smallest absolute Gasteiger partial charge is 0.306 e. The van der Waals surface area contributed by atoms with E-state index in [1.54, 1.807) is 0 Å². The van der Waals surface area contributed by atoms with Crippen molar-refractivity contribution >= 4 is 11.9 Å². The largest absolute Gasteiger partial charge is 0.481 e. The Labute approximate surface area is 331 Å². The first kappa shape index (κ1) is 51.9. The van der Waals surface area contributed by atoms with Gasteiger partial charge in [-0.25, -0.2) is 0 Å². The van der Waals surface area contributed by atoms with Gasteiger partial charge >= 0.3 is 11.9 Å². The van der Waals surface area contributed by atoms with E-state index < -0.39 is 5.97 Å². The van der Waals surface area contributed by atoms with Gasteiger partial charge in [-0.15, -0.1) is 0 Å². The minimum absolute atomic E-state index is 0.00266. The summed E-state index contributed by atoms with van der Waals surface area (Å²) >= 11 is 0. The number of carbonyl (C=O) groups is 2. The fraction of sp³-hybridized carbons (Fsp3) is 0.957. The van der Waals surface area contributed by atoms with Crippen LogP contribution >= 0.6 is 0 Å². The summed E-state index contributed by atoms with van der Waals surface area (Å²) in [6, 6.07) is 0. The van der Waals surface area contributed by atoms with Gasteiger partial charge in [0.05, 0.1) is 0 Å². The van der Waals surface area contributed by atoms with Crippen molar-refractivity contribution in [2.75, 3.05) is 26.2 Å². The van der Waals surface area contributed by atoms with Crippen molar-refractivity contribution in [2.45, 2.75) is 252 Å². The van der Waals surface area contributed by atoms with Gasteiger partial charge in [-0.2, -0.15) is 0 Å². The quantitative estimate of drug-likeness (QED) is 0.0476. The Morgan fingerprint density at radius 1 is 0.491 bits per heavy atom. The molecule has 0 rings (SSSR count). The predicted molar refractivity (Wildman–Crippen MR) is 230 cm³/mol. The Hall–Kier alpha value is -1.14. The molecule has 316 valence electrons. The van der Waals surface area contributed by atoms with Gasteiger partial charge in [-0.3, -0.25) is 9.59 Å². The summed E-state index contributed by atoms with van der Waals surface area (Å²) in [5.74, 6) is 0.585. The van der Waals surface area contributed by atoms with Crippen molar-refractivity contribution in [3.63, 3.8) is 0 Å². The molecule has 0 aliphatic rings. The van der Waals surface area contributed by atoms with E-state index in [0.29, 0.717) is 24.7 Å². The second-order valence-corrected chi connectivity index (χ2v) is 16.6. The summed E-state index contributed by atoms with van der Waals surface area (Å²) < 4.78 is 5.81. The van der Waals surface area contributed by atoms with Crippen LogP contribution in [0.4, 0.5) is 0 Å². The second kappa shape index (κ2) is 40.5. The molecule has 53 heavy (non-hydrogen) atoms. The van der Waals surface area contributed by atoms with Crippen LogP contribution in [-0.4, -0.2) is 54.2 Å². The first-order chi connectivity index (χ1) is 25.9. The fourth-order valence-electron chi connectivity index (χ4n) is 8.18. The van der Waals surface area contributed by atoms with Crippen LogP contribution in [0.2, 0.25) is 0 Å². The van der Waals surface area contributed by atoms with E-state index in [-0.39, 0.29) is 12.1 Å². The fourth-order valence-corrected chi connectivity index (χ4v) is 8.18. The number of esters is 1. The zero-order valence-electron chi connectivity index (χ0n) is 36.3. The van der Waals surface area contributed by atoms with Gasteiger partial charge in [0.2, 0.25) is 0 Å². The molecule has 0 bridgehead atoms. The third-order valence-electron chi connectivity index (χ3n) is 11.7. The Morgan fingerprint density at radius 3 is 1.38 bits per heavy atom. The lowest BCUT2D eigenvalue weighted by Crippen LogP contribution is -2.29. The molecule has 6 heteroatoms. The molecule has 0 aliphatic heterocycles. The van der Waals surface area contributed by atoms with Crippen LogP contribution < -0.4 is 5.73 Å². The molecule has 0 fully saturated rings. The lowest BCUT2D eigenvalue weighted by atomic mass is 9.78. The molecule has 6 nitrogen and oxygen atoms in total. The molecule has 0 aliphatic carbocycles. The SMILES string of the molecule is CCCCCCCCC(CC)OC(=O)CCCCCCCN(CCCN)CCCCC(CCC(=O)O)C(CCCCCCCC)CCCCCCCC. The minimum Gasteiger partial charge on any atom is -0.481 e. The average molecular weight is 751 g/mol. The second-order valence-electron chi connectivity index (χ2n) is 16.6. The van der Waals surface area contributed by atoms with E-state index in [1.807, 2.05) is 0 Å². The lowest BCUT2D eigenvalue weighted by Gasteiger charge is -2.28. The van der Waals surface area contributed by atoms with Crippen molar-refractivity contribution < 1.29 is 19.4 Å². The maximum Gasteiger partial charge on any atom is 0.306 e. The number of hydrogen-bond acceptors (Lipinski definition) is 5. The van der Waals surface area contributed by atoms with Crippen LogP contribution in [-0.2, 0) is 14.3 Å². The maximum absolute atomic E-state index is 12.5. The zero-order valence-corrected chi connectivity index (χ0v) is 36.3. The molecule has 0 aromatic carbocycles. The van der Waals surface area contributed by atoms with Crippen LogP contribution in [0.25, 0.3) is 0 Å². The number of rotatable bonds is 43. The third kappa shape index (κ3) is 35.0. The number of unbranched alkanes of at least 4 members (excludes halogenated alkanes) is 20. The van der Waals surface area contributed by atoms with Crippen LogP contribution in [0.5, 0.6) is 0 Å². The van der Waals surface area contributed by atoms with E-state index in [0.717, 1.165) is 64.7 Å². The normalized spacial score (nSPS) is 12.9. The van der Waals surface area contributed by atoms with E-state index in [4.69, 9.17) is 10.5 Å². The molecule has 0 radical (unpaired) electrons. The van der Waals surface area contributed by atoms with Crippen LogP contribution in [0.15, 0.2) is 0 Å². The summed E-state index contributed by atoms with van der Waals surface area (Å²) in [6.45, 7) is 13.0. The summed E-state index contributed by atoms with van der Waals surface area (Å²) in [4.78, 5) is 26.7. The Kier molecular flexibility index (Phi) is 39.6. The number of aliphatic carboxylic acids is 1. The standard InChI is InChI=1S/C47H94N2O4/c1-5-9-12-15-19-24-32-43(33-25-20-16-13-10-6-2)44(37-38-46(50)51)34-28-30-41-49(42-31-39-48)40-29-23-18-22-27-36-47(52)53-45(8-4)35-26-21-17-14-11-7-3/h43-45H,5-42,48H2,1-4H3,(H,50,51). The average Bonchev–Trinajstić information content (AvgIpc) is 3.15. The highest BCUT2D eigenvalue weighted by atomic mass is 16.5. The zero-order chi connectivity index (χ0) is 39.0. The Bertz CT molecular complexity index is 762. The van der Waals surface area contributed by atoms with Gasteiger partial charge in [-0.05, 0) is 89.4 Å². The summed E-state index contributed by atoms with van der Waals surface area (Å²) in [6.07, 6.45) is 40.2. The number of nitrogens with zero attached hydrogens (tertiary/aromatic N) is 1. The van der Waals surface area contributed by atoms with E-state index in [9.17, 15) is 14.7 Å². The molecule has 0 amide bonds. The lowest BCUT2D eigenvalue weighted by molar-refractivity contribution is -0.149. The van der Waals surface area contributed by atoms with Crippen molar-refractivity contribution in [2.24, 2.45) is 17.6 Å². The minimum atomic E-state index is -0.635. The number of carbonyl (C=O) groups excluding carboxylic acids is 1. The van der Waals surface area contributed by atoms with Crippen LogP contribution in [0.1, 0.15) is 246 Å². The molecule has 2 atom stereocenters. The summed E-state index contributed by atoms with van der Waals surface area (Å²) in [5, 5.41) is 9.59. The molecule has 0 heterocycles. The highest BCUT2D eigenvalue weighted by Gasteiger charge is 2.22. The number of hydrogen-bond donors (Lipinski definition) is 2. The van der Waals surface area contributed by atoms with Crippen molar-refractivity contribution in [3.8, 4) is 0 Å². The van der Waals surface area contributed by atoms with Crippen LogP contribution in [0.3, 0.4) is 0 Å². The Balaban J connectivity index is 4.66. The first-order valence-corrected chi connectivity index (χ1v) is 23.7. The van der Waals surface area contributed by atoms with Crippen molar-refractivity contribution in [3.05, 3.63) is 0 Å². The van der Waals surface area contributed by atoms with Crippen molar-refractivity contribution in [1.82, 2.24) is 4.90 Å². The van der Waals surface area contributed by atoms with Gasteiger partial charge < -0.3 is 20.5 Å². The molecular weight excluding hydrogens is 657 g/mol. The third-order valence-corrected chi connectivity index (χ3v) is 11.7. The van der Waals surface area contributed by atoms with E-state index in [1.165, 1.54) is 167 Å². The van der Waals surface area contributed by atoms with E-state index in [2.05, 4.69) is 32.6 Å². The van der Waals surface area contributed by atoms with Gasteiger partial charge in [0.15, 0.2) is 0 Å². The first-order valence-electron chi connectivity index (χ1n) is 23.7. The van der Waals surface area contributed by atoms with Gasteiger partial charge in [0.25, 0.3) is 0 Å².